The van der Waals surface area contributed by atoms with Crippen molar-refractivity contribution in [2.24, 2.45) is 0 Å². The van der Waals surface area contributed by atoms with Crippen molar-refractivity contribution in [3.05, 3.63) is 89.2 Å². The van der Waals surface area contributed by atoms with Crippen molar-refractivity contribution in [3.8, 4) is 11.5 Å². The molecule has 1 heterocycles. The number of ether oxygens (including phenoxy) is 2. The van der Waals surface area contributed by atoms with Gasteiger partial charge in [0.05, 0.1) is 13.2 Å². The fraction of sp³-hybridized carbons (Fsp3) is 0.393. The Morgan fingerprint density at radius 2 is 1.56 bits per heavy atom. The van der Waals surface area contributed by atoms with Gasteiger partial charge in [-0.1, -0.05) is 30.3 Å². The number of aromatic nitrogens is 1. The molecule has 0 saturated heterocycles. The Bertz CT molecular complexity index is 980. The number of hydrogen-bond donors (Lipinski definition) is 0. The zero-order chi connectivity index (χ0) is 22.3. The van der Waals surface area contributed by atoms with Gasteiger partial charge in [-0.2, -0.15) is 0 Å². The molecule has 0 aliphatic heterocycles. The van der Waals surface area contributed by atoms with E-state index >= 15 is 0 Å². The number of nitrogens with zero attached hydrogens (tertiary/aromatic N) is 2. The van der Waals surface area contributed by atoms with Crippen LogP contribution in [0, 0.1) is 0 Å². The first-order valence-corrected chi connectivity index (χ1v) is 11.6. The molecular weight excluding hydrogens is 396 g/mol. The summed E-state index contributed by atoms with van der Waals surface area (Å²) in [6.45, 7) is 0.942. The Labute approximate surface area is 192 Å². The maximum atomic E-state index is 6.40. The molecule has 2 aromatic carbocycles. The fourth-order valence-corrected chi connectivity index (χ4v) is 4.59. The zero-order valence-electron chi connectivity index (χ0n) is 19.5. The van der Waals surface area contributed by atoms with Crippen LogP contribution < -0.4 is 9.47 Å². The number of methoxy groups -OCH3 is 1. The first-order valence-electron chi connectivity index (χ1n) is 11.6. The molecular formula is C28H34N2O2. The van der Waals surface area contributed by atoms with Crippen LogP contribution in [0.5, 0.6) is 11.5 Å². The average Bonchev–Trinajstić information content (AvgIpc) is 3.32. The standard InChI is InChI=1S/C28H34N2O2/c1-30(2)20-22-8-10-23(11-9-22)26(18-21-14-16-29-17-15-21)24-12-13-27(31-3)28(19-24)32-25-6-4-5-7-25/h8-17,19,25-26H,4-7,18,20H2,1-3H3. The Morgan fingerprint density at radius 3 is 2.22 bits per heavy atom. The molecule has 0 radical (unpaired) electrons. The molecule has 1 fully saturated rings. The predicted octanol–water partition coefficient (Wildman–Crippen LogP) is 5.85. The van der Waals surface area contributed by atoms with Gasteiger partial charge in [0.2, 0.25) is 0 Å². The van der Waals surface area contributed by atoms with Crippen LogP contribution in [0.15, 0.2) is 67.0 Å². The topological polar surface area (TPSA) is 34.6 Å². The van der Waals surface area contributed by atoms with Crippen molar-refractivity contribution in [3.63, 3.8) is 0 Å². The molecule has 0 amide bonds. The lowest BCUT2D eigenvalue weighted by Gasteiger charge is -2.22. The molecule has 3 aromatic rings. The van der Waals surface area contributed by atoms with Gasteiger partial charge in [-0.3, -0.25) is 4.98 Å². The lowest BCUT2D eigenvalue weighted by molar-refractivity contribution is 0.200. The van der Waals surface area contributed by atoms with Crippen molar-refractivity contribution in [1.29, 1.82) is 0 Å². The molecule has 1 aliphatic rings. The Kier molecular flexibility index (Phi) is 7.43. The third-order valence-electron chi connectivity index (χ3n) is 6.26. The first-order chi connectivity index (χ1) is 15.6. The van der Waals surface area contributed by atoms with Crippen molar-refractivity contribution in [2.75, 3.05) is 21.2 Å². The van der Waals surface area contributed by atoms with Crippen LogP contribution in [0.3, 0.4) is 0 Å². The third kappa shape index (κ3) is 5.68. The largest absolute Gasteiger partial charge is 0.493 e. The molecule has 0 spiro atoms. The van der Waals surface area contributed by atoms with E-state index in [1.807, 2.05) is 12.4 Å². The molecule has 4 heteroatoms. The van der Waals surface area contributed by atoms with E-state index < -0.39 is 0 Å². The van der Waals surface area contributed by atoms with Gasteiger partial charge in [-0.15, -0.1) is 0 Å². The highest BCUT2D eigenvalue weighted by molar-refractivity contribution is 5.47. The lowest BCUT2D eigenvalue weighted by atomic mass is 9.85. The van der Waals surface area contributed by atoms with Crippen molar-refractivity contribution < 1.29 is 9.47 Å². The molecule has 0 N–H and O–H groups in total. The molecule has 0 bridgehead atoms. The molecule has 1 saturated carbocycles. The van der Waals surface area contributed by atoms with Crippen LogP contribution in [0.4, 0.5) is 0 Å². The normalized spacial score (nSPS) is 15.1. The average molecular weight is 431 g/mol. The summed E-state index contributed by atoms with van der Waals surface area (Å²) in [7, 11) is 5.92. The minimum Gasteiger partial charge on any atom is -0.493 e. The Balaban J connectivity index is 1.67. The first kappa shape index (κ1) is 22.3. The molecule has 1 atom stereocenters. The van der Waals surface area contributed by atoms with Crippen molar-refractivity contribution in [2.45, 2.75) is 50.7 Å². The highest BCUT2D eigenvalue weighted by Gasteiger charge is 2.21. The summed E-state index contributed by atoms with van der Waals surface area (Å²) in [6, 6.07) is 19.7. The van der Waals surface area contributed by atoms with Gasteiger partial charge >= 0.3 is 0 Å². The summed E-state index contributed by atoms with van der Waals surface area (Å²) in [5, 5.41) is 0. The van der Waals surface area contributed by atoms with Crippen LogP contribution in [0.2, 0.25) is 0 Å². The molecule has 4 rings (SSSR count). The zero-order valence-corrected chi connectivity index (χ0v) is 19.5. The molecule has 1 aromatic heterocycles. The second-order valence-electron chi connectivity index (χ2n) is 9.03. The number of hydrogen-bond acceptors (Lipinski definition) is 4. The summed E-state index contributed by atoms with van der Waals surface area (Å²) in [6.07, 6.45) is 9.69. The summed E-state index contributed by atoms with van der Waals surface area (Å²) in [4.78, 5) is 6.38. The third-order valence-corrected chi connectivity index (χ3v) is 6.26. The van der Waals surface area contributed by atoms with E-state index in [1.165, 1.54) is 35.1 Å². The van der Waals surface area contributed by atoms with E-state index in [9.17, 15) is 0 Å². The van der Waals surface area contributed by atoms with Crippen LogP contribution in [0.1, 0.15) is 53.9 Å². The number of benzene rings is 2. The van der Waals surface area contributed by atoms with Gasteiger partial charge in [0.15, 0.2) is 11.5 Å². The van der Waals surface area contributed by atoms with Crippen LogP contribution in [-0.2, 0) is 13.0 Å². The summed E-state index contributed by atoms with van der Waals surface area (Å²) in [5.41, 5.74) is 5.15. The van der Waals surface area contributed by atoms with Crippen LogP contribution in [0.25, 0.3) is 0 Å². The highest BCUT2D eigenvalue weighted by Crippen LogP contribution is 2.37. The Hall–Kier alpha value is -2.85. The predicted molar refractivity (Wildman–Crippen MR) is 129 cm³/mol. The maximum Gasteiger partial charge on any atom is 0.161 e. The maximum absolute atomic E-state index is 6.40. The van der Waals surface area contributed by atoms with Gasteiger partial charge in [-0.25, -0.2) is 0 Å². The van der Waals surface area contributed by atoms with Crippen molar-refractivity contribution >= 4 is 0 Å². The van der Waals surface area contributed by atoms with E-state index in [0.29, 0.717) is 6.10 Å². The van der Waals surface area contributed by atoms with E-state index in [0.717, 1.165) is 37.3 Å². The lowest BCUT2D eigenvalue weighted by Crippen LogP contribution is -2.13. The van der Waals surface area contributed by atoms with E-state index in [4.69, 9.17) is 9.47 Å². The van der Waals surface area contributed by atoms with Gasteiger partial charge in [0, 0.05) is 24.9 Å². The van der Waals surface area contributed by atoms with Gasteiger partial charge in [0.25, 0.3) is 0 Å². The van der Waals surface area contributed by atoms with Crippen LogP contribution in [-0.4, -0.2) is 37.2 Å². The second kappa shape index (κ2) is 10.6. The van der Waals surface area contributed by atoms with Gasteiger partial charge in [0.1, 0.15) is 0 Å². The van der Waals surface area contributed by atoms with Gasteiger partial charge in [-0.05, 0) is 92.7 Å². The summed E-state index contributed by atoms with van der Waals surface area (Å²) in [5.74, 6) is 1.90. The summed E-state index contributed by atoms with van der Waals surface area (Å²) >= 11 is 0. The highest BCUT2D eigenvalue weighted by atomic mass is 16.5. The van der Waals surface area contributed by atoms with Crippen molar-refractivity contribution in [1.82, 2.24) is 9.88 Å². The number of pyridine rings is 1. The molecule has 1 aliphatic carbocycles. The second-order valence-corrected chi connectivity index (χ2v) is 9.03. The minimum absolute atomic E-state index is 0.225. The molecule has 32 heavy (non-hydrogen) atoms. The van der Waals surface area contributed by atoms with E-state index in [1.54, 1.807) is 7.11 Å². The summed E-state index contributed by atoms with van der Waals surface area (Å²) < 4.78 is 12.0. The Morgan fingerprint density at radius 1 is 0.875 bits per heavy atom. The quantitative estimate of drug-likeness (QED) is 0.427. The van der Waals surface area contributed by atoms with E-state index in [-0.39, 0.29) is 5.92 Å². The minimum atomic E-state index is 0.225. The number of rotatable bonds is 9. The SMILES string of the molecule is COc1ccc(C(Cc2ccncc2)c2ccc(CN(C)C)cc2)cc1OC1CCCC1. The molecule has 1 unspecified atom stereocenters. The smallest absolute Gasteiger partial charge is 0.161 e. The monoisotopic (exact) mass is 430 g/mol. The van der Waals surface area contributed by atoms with Gasteiger partial charge < -0.3 is 14.4 Å². The molecule has 4 nitrogen and oxygen atoms in total. The fourth-order valence-electron chi connectivity index (χ4n) is 4.59. The molecule has 168 valence electrons. The van der Waals surface area contributed by atoms with E-state index in [2.05, 4.69) is 78.6 Å². The van der Waals surface area contributed by atoms with Crippen LogP contribution >= 0.6 is 0 Å².